The summed E-state index contributed by atoms with van der Waals surface area (Å²) in [5, 5.41) is 11.9. The predicted octanol–water partition coefficient (Wildman–Crippen LogP) is 3.18. The third-order valence-corrected chi connectivity index (χ3v) is 3.81. The van der Waals surface area contributed by atoms with Gasteiger partial charge in [0.05, 0.1) is 17.8 Å². The lowest BCUT2D eigenvalue weighted by atomic mass is 9.83. The highest BCUT2D eigenvalue weighted by Gasteiger charge is 2.22. The van der Waals surface area contributed by atoms with Gasteiger partial charge in [0.2, 0.25) is 5.91 Å². The standard InChI is InChI=1S/C14H16ClNO4/c1-20-12-7-11(10(15)6-9(12)14(18)19)16-13(17)5-8-3-2-4-8/h6-8H,2-5H2,1H3,(H,16,17)(H,18,19). The lowest BCUT2D eigenvalue weighted by Crippen LogP contribution is -2.21. The number of carbonyl (C=O) groups excluding carboxylic acids is 1. The maximum atomic E-state index is 11.9. The number of carbonyl (C=O) groups is 2. The SMILES string of the molecule is COc1cc(NC(=O)CC2CCC2)c(Cl)cc1C(=O)O. The molecular weight excluding hydrogens is 282 g/mol. The zero-order valence-electron chi connectivity index (χ0n) is 11.1. The van der Waals surface area contributed by atoms with E-state index in [4.69, 9.17) is 21.4 Å². The summed E-state index contributed by atoms with van der Waals surface area (Å²) in [6.45, 7) is 0. The predicted molar refractivity (Wildman–Crippen MR) is 75.6 cm³/mol. The van der Waals surface area contributed by atoms with E-state index in [1.54, 1.807) is 0 Å². The van der Waals surface area contributed by atoms with Gasteiger partial charge in [0, 0.05) is 12.5 Å². The molecule has 1 aromatic rings. The maximum Gasteiger partial charge on any atom is 0.339 e. The van der Waals surface area contributed by atoms with Crippen LogP contribution in [0.4, 0.5) is 5.69 Å². The minimum atomic E-state index is -1.13. The second-order valence-corrected chi connectivity index (χ2v) is 5.29. The highest BCUT2D eigenvalue weighted by Crippen LogP contribution is 2.33. The van der Waals surface area contributed by atoms with E-state index in [-0.39, 0.29) is 22.2 Å². The molecule has 1 fully saturated rings. The molecular formula is C14H16ClNO4. The molecule has 0 saturated heterocycles. The second-order valence-electron chi connectivity index (χ2n) is 4.89. The molecule has 1 saturated carbocycles. The lowest BCUT2D eigenvalue weighted by molar-refractivity contribution is -0.117. The molecule has 0 unspecified atom stereocenters. The topological polar surface area (TPSA) is 75.6 Å². The zero-order valence-corrected chi connectivity index (χ0v) is 11.9. The summed E-state index contributed by atoms with van der Waals surface area (Å²) < 4.78 is 5.01. The minimum absolute atomic E-state index is 0.0329. The smallest absolute Gasteiger partial charge is 0.339 e. The van der Waals surface area contributed by atoms with Crippen LogP contribution in [0.25, 0.3) is 0 Å². The molecule has 0 spiro atoms. The number of methoxy groups -OCH3 is 1. The molecule has 0 bridgehead atoms. The third kappa shape index (κ3) is 3.22. The summed E-state index contributed by atoms with van der Waals surface area (Å²) >= 11 is 6.00. The van der Waals surface area contributed by atoms with E-state index in [0.717, 1.165) is 12.8 Å². The van der Waals surface area contributed by atoms with Crippen LogP contribution in [0.5, 0.6) is 5.75 Å². The van der Waals surface area contributed by atoms with Crippen molar-refractivity contribution in [3.63, 3.8) is 0 Å². The van der Waals surface area contributed by atoms with Crippen molar-refractivity contribution in [2.45, 2.75) is 25.7 Å². The number of halogens is 1. The van der Waals surface area contributed by atoms with Crippen LogP contribution >= 0.6 is 11.6 Å². The van der Waals surface area contributed by atoms with Crippen molar-refractivity contribution in [3.05, 3.63) is 22.7 Å². The van der Waals surface area contributed by atoms with Gasteiger partial charge in [0.25, 0.3) is 0 Å². The molecule has 2 N–H and O–H groups in total. The first-order chi connectivity index (χ1) is 9.51. The average Bonchev–Trinajstić information content (AvgIpc) is 2.35. The number of nitrogens with one attached hydrogen (secondary N) is 1. The monoisotopic (exact) mass is 297 g/mol. The third-order valence-electron chi connectivity index (χ3n) is 3.49. The molecule has 5 nitrogen and oxygen atoms in total. The lowest BCUT2D eigenvalue weighted by Gasteiger charge is -2.24. The zero-order chi connectivity index (χ0) is 14.7. The molecule has 1 aromatic carbocycles. The van der Waals surface area contributed by atoms with E-state index < -0.39 is 5.97 Å². The van der Waals surface area contributed by atoms with Gasteiger partial charge >= 0.3 is 5.97 Å². The van der Waals surface area contributed by atoms with Crippen LogP contribution in [0.2, 0.25) is 5.02 Å². The van der Waals surface area contributed by atoms with Gasteiger partial charge in [-0.3, -0.25) is 4.79 Å². The number of anilines is 1. The largest absolute Gasteiger partial charge is 0.496 e. The average molecular weight is 298 g/mol. The molecule has 1 aliphatic rings. The van der Waals surface area contributed by atoms with E-state index in [2.05, 4.69) is 5.32 Å². The Hall–Kier alpha value is -1.75. The Morgan fingerprint density at radius 3 is 2.65 bits per heavy atom. The van der Waals surface area contributed by atoms with E-state index in [1.165, 1.54) is 25.7 Å². The van der Waals surface area contributed by atoms with Crippen LogP contribution in [-0.2, 0) is 4.79 Å². The summed E-state index contributed by atoms with van der Waals surface area (Å²) in [6.07, 6.45) is 3.82. The Bertz CT molecular complexity index is 540. The van der Waals surface area contributed by atoms with E-state index >= 15 is 0 Å². The summed E-state index contributed by atoms with van der Waals surface area (Å²) in [5.74, 6) is -0.618. The number of carboxylic acids is 1. The normalized spacial score (nSPS) is 14.5. The Morgan fingerprint density at radius 1 is 1.45 bits per heavy atom. The number of aromatic carboxylic acids is 1. The fraction of sp³-hybridized carbons (Fsp3) is 0.429. The van der Waals surface area contributed by atoms with Crippen LogP contribution in [0.1, 0.15) is 36.0 Å². The number of rotatable bonds is 5. The van der Waals surface area contributed by atoms with Crippen molar-refractivity contribution in [1.82, 2.24) is 0 Å². The van der Waals surface area contributed by atoms with Gasteiger partial charge in [0.15, 0.2) is 0 Å². The van der Waals surface area contributed by atoms with Gasteiger partial charge in [-0.25, -0.2) is 4.79 Å². The number of benzene rings is 1. The van der Waals surface area contributed by atoms with Crippen LogP contribution in [0.3, 0.4) is 0 Å². The molecule has 0 atom stereocenters. The fourth-order valence-corrected chi connectivity index (χ4v) is 2.36. The molecule has 1 amide bonds. The number of hydrogen-bond donors (Lipinski definition) is 2. The van der Waals surface area contributed by atoms with Crippen molar-refractivity contribution in [3.8, 4) is 5.75 Å². The van der Waals surface area contributed by atoms with Gasteiger partial charge in [-0.15, -0.1) is 0 Å². The Labute approximate surface area is 121 Å². The molecule has 0 aliphatic heterocycles. The summed E-state index contributed by atoms with van der Waals surface area (Å²) in [5.41, 5.74) is 0.340. The molecule has 0 heterocycles. The Kier molecular flexibility index (Phi) is 4.49. The Balaban J connectivity index is 2.14. The molecule has 108 valence electrons. The maximum absolute atomic E-state index is 11.9. The van der Waals surface area contributed by atoms with Crippen molar-refractivity contribution in [2.24, 2.45) is 5.92 Å². The van der Waals surface area contributed by atoms with Gasteiger partial charge in [-0.2, -0.15) is 0 Å². The quantitative estimate of drug-likeness (QED) is 0.875. The molecule has 6 heteroatoms. The van der Waals surface area contributed by atoms with Crippen molar-refractivity contribution in [2.75, 3.05) is 12.4 Å². The van der Waals surface area contributed by atoms with Gasteiger partial charge in [-0.1, -0.05) is 18.0 Å². The highest BCUT2D eigenvalue weighted by atomic mass is 35.5. The van der Waals surface area contributed by atoms with Crippen LogP contribution in [0.15, 0.2) is 12.1 Å². The van der Waals surface area contributed by atoms with Crippen LogP contribution in [-0.4, -0.2) is 24.1 Å². The van der Waals surface area contributed by atoms with E-state index in [9.17, 15) is 9.59 Å². The van der Waals surface area contributed by atoms with Crippen molar-refractivity contribution >= 4 is 29.2 Å². The minimum Gasteiger partial charge on any atom is -0.496 e. The number of amides is 1. The molecule has 0 aromatic heterocycles. The number of carboxylic acid groups (broad SMARTS) is 1. The second kappa shape index (κ2) is 6.13. The summed E-state index contributed by atoms with van der Waals surface area (Å²) in [7, 11) is 1.37. The first kappa shape index (κ1) is 14.7. The van der Waals surface area contributed by atoms with E-state index in [1.807, 2.05) is 0 Å². The molecule has 1 aliphatic carbocycles. The molecule has 20 heavy (non-hydrogen) atoms. The van der Waals surface area contributed by atoms with Crippen molar-refractivity contribution < 1.29 is 19.4 Å². The summed E-state index contributed by atoms with van der Waals surface area (Å²) in [6, 6.07) is 2.71. The fourth-order valence-electron chi connectivity index (χ4n) is 2.15. The molecule has 2 rings (SSSR count). The Morgan fingerprint density at radius 2 is 2.15 bits per heavy atom. The first-order valence-corrected chi connectivity index (χ1v) is 6.79. The number of ether oxygens (including phenoxy) is 1. The molecule has 0 radical (unpaired) electrons. The van der Waals surface area contributed by atoms with Gasteiger partial charge in [-0.05, 0) is 24.8 Å². The van der Waals surface area contributed by atoms with Crippen LogP contribution in [0, 0.1) is 5.92 Å². The first-order valence-electron chi connectivity index (χ1n) is 6.42. The van der Waals surface area contributed by atoms with Gasteiger partial charge < -0.3 is 15.2 Å². The highest BCUT2D eigenvalue weighted by molar-refractivity contribution is 6.34. The van der Waals surface area contributed by atoms with Gasteiger partial charge in [0.1, 0.15) is 11.3 Å². The van der Waals surface area contributed by atoms with Crippen molar-refractivity contribution in [1.29, 1.82) is 0 Å². The summed E-state index contributed by atoms with van der Waals surface area (Å²) in [4.78, 5) is 22.9. The number of hydrogen-bond acceptors (Lipinski definition) is 3. The van der Waals surface area contributed by atoms with Crippen LogP contribution < -0.4 is 10.1 Å². The van der Waals surface area contributed by atoms with E-state index in [0.29, 0.717) is 18.0 Å².